The molecule has 2 amide bonds. The number of aromatic amines is 1. The number of likely N-dealkylation sites (tertiary alicyclic amines) is 1. The first-order valence-corrected chi connectivity index (χ1v) is 8.00. The zero-order valence-electron chi connectivity index (χ0n) is 13.5. The number of hydrogen-bond donors (Lipinski definition) is 3. The Morgan fingerprint density at radius 1 is 1.48 bits per heavy atom. The van der Waals surface area contributed by atoms with Gasteiger partial charge in [-0.2, -0.15) is 0 Å². The van der Waals surface area contributed by atoms with Crippen molar-refractivity contribution >= 4 is 17.6 Å². The van der Waals surface area contributed by atoms with Gasteiger partial charge in [-0.3, -0.25) is 14.6 Å². The first-order valence-electron chi connectivity index (χ1n) is 8.00. The molecule has 9 nitrogen and oxygen atoms in total. The summed E-state index contributed by atoms with van der Waals surface area (Å²) in [4.78, 5) is 43.1. The van der Waals surface area contributed by atoms with Gasteiger partial charge >= 0.3 is 5.76 Å². The van der Waals surface area contributed by atoms with Crippen LogP contribution >= 0.6 is 0 Å². The fourth-order valence-corrected chi connectivity index (χ4v) is 2.89. The predicted molar refractivity (Wildman–Crippen MR) is 88.9 cm³/mol. The number of amides is 2. The molecule has 1 atom stereocenters. The van der Waals surface area contributed by atoms with Crippen molar-refractivity contribution in [2.24, 2.45) is 5.92 Å². The molecule has 9 heteroatoms. The van der Waals surface area contributed by atoms with Crippen LogP contribution in [0.3, 0.4) is 0 Å². The lowest BCUT2D eigenvalue weighted by molar-refractivity contribution is 0.0785. The number of nitrogens with two attached hydrogens (primary N) is 1. The molecule has 25 heavy (non-hydrogen) atoms. The van der Waals surface area contributed by atoms with Crippen LogP contribution in [0.25, 0.3) is 0 Å². The van der Waals surface area contributed by atoms with E-state index in [0.29, 0.717) is 36.9 Å². The van der Waals surface area contributed by atoms with Gasteiger partial charge in [0.1, 0.15) is 17.8 Å². The number of aromatic nitrogens is 2. The lowest BCUT2D eigenvalue weighted by atomic mass is 10.1. The molecule has 0 aliphatic carbocycles. The van der Waals surface area contributed by atoms with E-state index in [4.69, 9.17) is 5.73 Å². The number of carbonyl (C=O) groups excluding carboxylic acids is 2. The van der Waals surface area contributed by atoms with E-state index in [1.165, 1.54) is 6.20 Å². The molecule has 4 N–H and O–H groups in total. The van der Waals surface area contributed by atoms with E-state index in [9.17, 15) is 14.4 Å². The number of oxazole rings is 1. The third-order valence-corrected chi connectivity index (χ3v) is 4.20. The number of nitrogens with one attached hydrogen (secondary N) is 2. The molecular formula is C16H19N5O4. The van der Waals surface area contributed by atoms with Gasteiger partial charge in [-0.1, -0.05) is 0 Å². The maximum absolute atomic E-state index is 12.4. The molecule has 1 fully saturated rings. The molecule has 0 spiro atoms. The van der Waals surface area contributed by atoms with E-state index in [2.05, 4.69) is 19.7 Å². The quantitative estimate of drug-likeness (QED) is 0.710. The molecule has 132 valence electrons. The SMILES string of the molecule is Nc1cc(C(=O)N2CCC(CCNC(=O)c3coc(=O)[nH]3)C2)ccn1. The van der Waals surface area contributed by atoms with E-state index in [1.54, 1.807) is 17.0 Å². The van der Waals surface area contributed by atoms with Gasteiger partial charge in [0.05, 0.1) is 0 Å². The Morgan fingerprint density at radius 3 is 3.04 bits per heavy atom. The monoisotopic (exact) mass is 345 g/mol. The van der Waals surface area contributed by atoms with Crippen LogP contribution in [0.1, 0.15) is 33.7 Å². The summed E-state index contributed by atoms with van der Waals surface area (Å²) in [6.45, 7) is 1.77. The lowest BCUT2D eigenvalue weighted by Gasteiger charge is -2.17. The van der Waals surface area contributed by atoms with Crippen LogP contribution in [-0.2, 0) is 0 Å². The van der Waals surface area contributed by atoms with Gasteiger partial charge in [0.2, 0.25) is 0 Å². The fourth-order valence-electron chi connectivity index (χ4n) is 2.89. The van der Waals surface area contributed by atoms with E-state index in [-0.39, 0.29) is 17.5 Å². The number of H-pyrrole nitrogens is 1. The van der Waals surface area contributed by atoms with Crippen molar-refractivity contribution in [3.05, 3.63) is 46.4 Å². The van der Waals surface area contributed by atoms with Gasteiger partial charge < -0.3 is 20.4 Å². The highest BCUT2D eigenvalue weighted by atomic mass is 16.4. The second-order valence-corrected chi connectivity index (χ2v) is 5.98. The van der Waals surface area contributed by atoms with Crippen LogP contribution < -0.4 is 16.8 Å². The number of carbonyl (C=O) groups is 2. The number of nitrogens with zero attached hydrogens (tertiary/aromatic N) is 2. The van der Waals surface area contributed by atoms with Crippen molar-refractivity contribution in [2.45, 2.75) is 12.8 Å². The third-order valence-electron chi connectivity index (χ3n) is 4.20. The third kappa shape index (κ3) is 4.06. The summed E-state index contributed by atoms with van der Waals surface area (Å²) in [5.41, 5.74) is 6.25. The maximum atomic E-state index is 12.4. The summed E-state index contributed by atoms with van der Waals surface area (Å²) in [5, 5.41) is 2.73. The van der Waals surface area contributed by atoms with Crippen molar-refractivity contribution in [1.82, 2.24) is 20.2 Å². The van der Waals surface area contributed by atoms with Crippen LogP contribution in [0.5, 0.6) is 0 Å². The van der Waals surface area contributed by atoms with Crippen LogP contribution in [0, 0.1) is 5.92 Å². The average molecular weight is 345 g/mol. The highest BCUT2D eigenvalue weighted by Crippen LogP contribution is 2.21. The minimum atomic E-state index is -0.660. The molecule has 0 radical (unpaired) electrons. The molecule has 2 aromatic heterocycles. The van der Waals surface area contributed by atoms with Crippen molar-refractivity contribution in [1.29, 1.82) is 0 Å². The summed E-state index contributed by atoms with van der Waals surface area (Å²) in [6.07, 6.45) is 4.24. The van der Waals surface area contributed by atoms with Crippen molar-refractivity contribution in [3.8, 4) is 0 Å². The van der Waals surface area contributed by atoms with E-state index in [1.807, 2.05) is 0 Å². The Bertz CT molecular complexity index is 828. The predicted octanol–water partition coefficient (Wildman–Crippen LogP) is 0.227. The number of anilines is 1. The van der Waals surface area contributed by atoms with Crippen molar-refractivity contribution in [3.63, 3.8) is 0 Å². The summed E-state index contributed by atoms with van der Waals surface area (Å²) in [7, 11) is 0. The Morgan fingerprint density at radius 2 is 2.32 bits per heavy atom. The zero-order chi connectivity index (χ0) is 17.8. The molecule has 3 heterocycles. The minimum Gasteiger partial charge on any atom is -0.416 e. The van der Waals surface area contributed by atoms with Crippen LogP contribution in [0.15, 0.2) is 33.8 Å². The fraction of sp³-hybridized carbons (Fsp3) is 0.375. The van der Waals surface area contributed by atoms with Crippen LogP contribution in [0.4, 0.5) is 5.82 Å². The topological polar surface area (TPSA) is 134 Å². The molecule has 2 aromatic rings. The summed E-state index contributed by atoms with van der Waals surface area (Å²) in [6, 6.07) is 3.22. The number of pyridine rings is 1. The number of rotatable bonds is 5. The standard InChI is InChI=1S/C16H19N5O4/c17-13-7-11(2-5-18-13)15(23)21-6-3-10(8-21)1-4-19-14(22)12-9-25-16(24)20-12/h2,5,7,9-10H,1,3-4,6,8H2,(H2,17,18)(H,19,22)(H,20,24). The Hall–Kier alpha value is -3.10. The van der Waals surface area contributed by atoms with Crippen LogP contribution in [-0.4, -0.2) is 46.3 Å². The maximum Gasteiger partial charge on any atom is 0.416 e. The normalized spacial score (nSPS) is 16.8. The Kier molecular flexibility index (Phi) is 4.82. The van der Waals surface area contributed by atoms with Crippen molar-refractivity contribution < 1.29 is 14.0 Å². The Balaban J connectivity index is 1.46. The smallest absolute Gasteiger partial charge is 0.416 e. The highest BCUT2D eigenvalue weighted by Gasteiger charge is 2.27. The second kappa shape index (κ2) is 7.20. The average Bonchev–Trinajstić information content (AvgIpc) is 3.23. The molecule has 3 rings (SSSR count). The van der Waals surface area contributed by atoms with E-state index in [0.717, 1.165) is 19.1 Å². The van der Waals surface area contributed by atoms with Gasteiger partial charge in [0.15, 0.2) is 0 Å². The van der Waals surface area contributed by atoms with E-state index >= 15 is 0 Å². The molecule has 1 aliphatic rings. The van der Waals surface area contributed by atoms with Crippen LogP contribution in [0.2, 0.25) is 0 Å². The van der Waals surface area contributed by atoms with Gasteiger partial charge in [0.25, 0.3) is 11.8 Å². The molecule has 1 saturated heterocycles. The molecule has 0 bridgehead atoms. The Labute approximate surface area is 143 Å². The highest BCUT2D eigenvalue weighted by molar-refractivity contribution is 5.95. The second-order valence-electron chi connectivity index (χ2n) is 5.98. The largest absolute Gasteiger partial charge is 0.416 e. The summed E-state index contributed by atoms with van der Waals surface area (Å²) in [5.74, 6) is -0.471. The molecule has 1 aliphatic heterocycles. The minimum absolute atomic E-state index is 0.0587. The van der Waals surface area contributed by atoms with Crippen molar-refractivity contribution in [2.75, 3.05) is 25.4 Å². The molecular weight excluding hydrogens is 326 g/mol. The summed E-state index contributed by atoms with van der Waals surface area (Å²) >= 11 is 0. The number of hydrogen-bond acceptors (Lipinski definition) is 6. The summed E-state index contributed by atoms with van der Waals surface area (Å²) < 4.78 is 4.53. The first kappa shape index (κ1) is 16.7. The lowest BCUT2D eigenvalue weighted by Crippen LogP contribution is -2.30. The van der Waals surface area contributed by atoms with Gasteiger partial charge in [0, 0.05) is 31.4 Å². The zero-order valence-corrected chi connectivity index (χ0v) is 13.5. The van der Waals surface area contributed by atoms with Gasteiger partial charge in [-0.25, -0.2) is 9.78 Å². The van der Waals surface area contributed by atoms with E-state index < -0.39 is 5.76 Å². The molecule has 0 aromatic carbocycles. The molecule has 0 saturated carbocycles. The first-order chi connectivity index (χ1) is 12.0. The molecule has 1 unspecified atom stereocenters. The number of nitrogen functional groups attached to an aromatic ring is 1. The van der Waals surface area contributed by atoms with Gasteiger partial charge in [-0.05, 0) is 30.9 Å². The van der Waals surface area contributed by atoms with Gasteiger partial charge in [-0.15, -0.1) is 0 Å².